The van der Waals surface area contributed by atoms with Gasteiger partial charge in [0.15, 0.2) is 0 Å². The maximum Gasteiger partial charge on any atom is 0.135 e. The summed E-state index contributed by atoms with van der Waals surface area (Å²) in [4.78, 5) is 7.07. The van der Waals surface area contributed by atoms with Gasteiger partial charge < -0.3 is 15.4 Å². The fourth-order valence-electron chi connectivity index (χ4n) is 4.05. The van der Waals surface area contributed by atoms with Crippen LogP contribution in [0.25, 0.3) is 16.8 Å². The van der Waals surface area contributed by atoms with E-state index in [1.54, 1.807) is 0 Å². The highest BCUT2D eigenvalue weighted by Gasteiger charge is 2.14. The van der Waals surface area contributed by atoms with Gasteiger partial charge in [-0.15, -0.1) is 0 Å². The average Bonchev–Trinajstić information content (AvgIpc) is 2.98. The summed E-state index contributed by atoms with van der Waals surface area (Å²) in [5, 5.41) is 2.22. The van der Waals surface area contributed by atoms with Crippen molar-refractivity contribution in [1.29, 1.82) is 0 Å². The minimum atomic E-state index is 0.692. The molecule has 2 N–H and O–H groups in total. The van der Waals surface area contributed by atoms with Crippen LogP contribution in [0.1, 0.15) is 11.1 Å². The molecule has 4 aromatic rings. The van der Waals surface area contributed by atoms with Gasteiger partial charge in [-0.3, -0.25) is 4.99 Å². The van der Waals surface area contributed by atoms with Crippen LogP contribution in [0.4, 0.5) is 11.4 Å². The fourth-order valence-corrected chi connectivity index (χ4v) is 4.05. The summed E-state index contributed by atoms with van der Waals surface area (Å²) < 4.78 is 6.37. The minimum Gasteiger partial charge on any atom is -0.456 e. The Morgan fingerprint density at radius 1 is 0.875 bits per heavy atom. The van der Waals surface area contributed by atoms with Crippen LogP contribution in [-0.2, 0) is 0 Å². The molecule has 0 fully saturated rings. The zero-order valence-electron chi connectivity index (χ0n) is 18.0. The van der Waals surface area contributed by atoms with E-state index in [-0.39, 0.29) is 0 Å². The van der Waals surface area contributed by atoms with Crippen molar-refractivity contribution < 1.29 is 4.74 Å². The maximum absolute atomic E-state index is 6.37. The highest BCUT2D eigenvalue weighted by atomic mass is 16.5. The molecule has 0 aliphatic carbocycles. The van der Waals surface area contributed by atoms with Gasteiger partial charge in [-0.25, -0.2) is 0 Å². The normalized spacial score (nSPS) is 13.7. The lowest BCUT2D eigenvalue weighted by Crippen LogP contribution is -2.20. The van der Waals surface area contributed by atoms with E-state index < -0.39 is 0 Å². The Labute approximate surface area is 188 Å². The lowest BCUT2D eigenvalue weighted by molar-refractivity contribution is 0.487. The van der Waals surface area contributed by atoms with Crippen molar-refractivity contribution in [3.63, 3.8) is 0 Å². The summed E-state index contributed by atoms with van der Waals surface area (Å²) in [6.07, 6.45) is 4.10. The second-order valence-electron chi connectivity index (χ2n) is 7.92. The van der Waals surface area contributed by atoms with E-state index in [9.17, 15) is 0 Å². The van der Waals surface area contributed by atoms with Crippen LogP contribution in [0, 0.1) is 0 Å². The summed E-state index contributed by atoms with van der Waals surface area (Å²) in [5.74, 6) is 1.58. The van der Waals surface area contributed by atoms with Crippen molar-refractivity contribution in [2.75, 3.05) is 30.8 Å². The van der Waals surface area contributed by atoms with Crippen LogP contribution in [0.15, 0.2) is 96.0 Å². The van der Waals surface area contributed by atoms with E-state index in [0.717, 1.165) is 52.2 Å². The first-order chi connectivity index (χ1) is 15.7. The number of benzodiazepines with no additional fused rings is 1. The summed E-state index contributed by atoms with van der Waals surface area (Å²) in [5.41, 5.74) is 11.0. The summed E-state index contributed by atoms with van der Waals surface area (Å²) in [6, 6.07) is 28.4. The number of fused-ring (bicyclic) bond motifs is 2. The average molecular weight is 420 g/mol. The summed E-state index contributed by atoms with van der Waals surface area (Å²) in [7, 11) is 2.11. The second kappa shape index (κ2) is 8.60. The van der Waals surface area contributed by atoms with Crippen LogP contribution in [0.2, 0.25) is 0 Å². The molecule has 5 rings (SSSR count). The van der Waals surface area contributed by atoms with E-state index >= 15 is 0 Å². The van der Waals surface area contributed by atoms with Gasteiger partial charge in [0.05, 0.1) is 12.3 Å². The Balaban J connectivity index is 1.51. The third kappa shape index (κ3) is 3.95. The highest BCUT2D eigenvalue weighted by molar-refractivity contribution is 6.14. The number of ether oxygens (including phenoxy) is 1. The lowest BCUT2D eigenvalue weighted by atomic mass is 10.0. The number of nitrogens with two attached hydrogens (primary N) is 1. The molecule has 1 heterocycles. The summed E-state index contributed by atoms with van der Waals surface area (Å²) in [6.45, 7) is 1.64. The summed E-state index contributed by atoms with van der Waals surface area (Å²) >= 11 is 0. The number of allylic oxidation sites excluding steroid dienone is 1. The number of aliphatic imine (C=N–C) groups is 1. The molecule has 1 aliphatic rings. The molecule has 4 aromatic carbocycles. The number of hydrogen-bond donors (Lipinski definition) is 1. The fraction of sp³-hybridized carbons (Fsp3) is 0.107. The predicted octanol–water partition coefficient (Wildman–Crippen LogP) is 6.17. The van der Waals surface area contributed by atoms with Gasteiger partial charge in [0.2, 0.25) is 0 Å². The maximum atomic E-state index is 6.37. The van der Waals surface area contributed by atoms with Crippen molar-refractivity contribution in [1.82, 2.24) is 0 Å². The van der Waals surface area contributed by atoms with Gasteiger partial charge in [-0.2, -0.15) is 0 Å². The monoisotopic (exact) mass is 419 g/mol. The standard InChI is InChI=1S/C28H25N3O/c1-31-18-17-30-25(24-10-4-5-11-26(24)31)15-13-21-19-22(29)14-16-27(21)32-28-12-6-8-20-7-2-3-9-23(20)28/h2-16,19H,17-18,29H2,1H3/b15-13+. The van der Waals surface area contributed by atoms with Crippen molar-refractivity contribution in [2.24, 2.45) is 4.99 Å². The predicted molar refractivity (Wildman–Crippen MR) is 135 cm³/mol. The Morgan fingerprint density at radius 3 is 2.62 bits per heavy atom. The van der Waals surface area contributed by atoms with Gasteiger partial charge in [-0.1, -0.05) is 54.6 Å². The van der Waals surface area contributed by atoms with E-state index in [4.69, 9.17) is 15.5 Å². The number of para-hydroxylation sites is 1. The van der Waals surface area contributed by atoms with Gasteiger partial charge in [-0.05, 0) is 47.9 Å². The third-order valence-electron chi connectivity index (χ3n) is 5.73. The van der Waals surface area contributed by atoms with Crippen molar-refractivity contribution >= 4 is 33.9 Å². The van der Waals surface area contributed by atoms with Crippen LogP contribution >= 0.6 is 0 Å². The first-order valence-electron chi connectivity index (χ1n) is 10.8. The number of nitrogens with zero attached hydrogens (tertiary/aromatic N) is 2. The molecule has 0 spiro atoms. The number of nitrogen functional groups attached to an aromatic ring is 1. The topological polar surface area (TPSA) is 50.8 Å². The van der Waals surface area contributed by atoms with Crippen LogP contribution in [0.3, 0.4) is 0 Å². The quantitative estimate of drug-likeness (QED) is 0.403. The zero-order valence-corrected chi connectivity index (χ0v) is 18.0. The molecular formula is C28H25N3O. The van der Waals surface area contributed by atoms with Gasteiger partial charge in [0.25, 0.3) is 0 Å². The van der Waals surface area contributed by atoms with E-state index in [1.807, 2.05) is 48.5 Å². The van der Waals surface area contributed by atoms with Crippen LogP contribution in [-0.4, -0.2) is 25.8 Å². The van der Waals surface area contributed by atoms with Crippen molar-refractivity contribution in [3.8, 4) is 11.5 Å². The number of rotatable bonds is 4. The number of likely N-dealkylation sites (N-methyl/N-ethyl adjacent to an activating group) is 1. The molecule has 0 radical (unpaired) electrons. The Morgan fingerprint density at radius 2 is 1.69 bits per heavy atom. The van der Waals surface area contributed by atoms with E-state index in [1.165, 1.54) is 5.69 Å². The van der Waals surface area contributed by atoms with E-state index in [0.29, 0.717) is 5.69 Å². The molecule has 4 nitrogen and oxygen atoms in total. The molecule has 0 saturated carbocycles. The molecule has 4 heteroatoms. The highest BCUT2D eigenvalue weighted by Crippen LogP contribution is 2.33. The Bertz CT molecular complexity index is 1330. The van der Waals surface area contributed by atoms with Gasteiger partial charge in [0, 0.05) is 41.5 Å². The smallest absolute Gasteiger partial charge is 0.135 e. The molecule has 1 aliphatic heterocycles. The van der Waals surface area contributed by atoms with E-state index in [2.05, 4.69) is 60.5 Å². The first-order valence-corrected chi connectivity index (χ1v) is 10.8. The Hall–Kier alpha value is -4.05. The zero-order chi connectivity index (χ0) is 21.9. The minimum absolute atomic E-state index is 0.692. The Kier molecular flexibility index (Phi) is 5.34. The molecule has 32 heavy (non-hydrogen) atoms. The number of benzene rings is 4. The second-order valence-corrected chi connectivity index (χ2v) is 7.92. The lowest BCUT2D eigenvalue weighted by Gasteiger charge is -2.18. The number of hydrogen-bond acceptors (Lipinski definition) is 4. The van der Waals surface area contributed by atoms with Crippen molar-refractivity contribution in [3.05, 3.63) is 102 Å². The molecule has 158 valence electrons. The van der Waals surface area contributed by atoms with Crippen molar-refractivity contribution in [2.45, 2.75) is 0 Å². The SMILES string of the molecule is CN1CCN=C(/C=C/c2cc(N)ccc2Oc2cccc3ccccc23)c2ccccc21. The van der Waals surface area contributed by atoms with Gasteiger partial charge >= 0.3 is 0 Å². The molecule has 0 aromatic heterocycles. The molecule has 0 saturated heterocycles. The van der Waals surface area contributed by atoms with Gasteiger partial charge in [0.1, 0.15) is 11.5 Å². The first kappa shape index (κ1) is 19.9. The molecule has 0 amide bonds. The third-order valence-corrected chi connectivity index (χ3v) is 5.73. The van der Waals surface area contributed by atoms with Crippen LogP contribution < -0.4 is 15.4 Å². The van der Waals surface area contributed by atoms with Crippen LogP contribution in [0.5, 0.6) is 11.5 Å². The number of anilines is 2. The molecule has 0 bridgehead atoms. The largest absolute Gasteiger partial charge is 0.456 e. The molecule has 0 unspecified atom stereocenters. The molecular weight excluding hydrogens is 394 g/mol. The molecule has 0 atom stereocenters.